The number of aryl methyl sites for hydroxylation is 1. The number of aromatic nitrogens is 1. The lowest BCUT2D eigenvalue weighted by atomic mass is 10.2. The molecule has 1 aromatic heterocycles. The van der Waals surface area contributed by atoms with Gasteiger partial charge in [-0.1, -0.05) is 37.3 Å². The molecule has 0 aliphatic rings. The summed E-state index contributed by atoms with van der Waals surface area (Å²) in [5, 5.41) is 0. The van der Waals surface area contributed by atoms with E-state index in [-0.39, 0.29) is 11.4 Å². The van der Waals surface area contributed by atoms with Crippen molar-refractivity contribution in [3.8, 4) is 5.75 Å². The number of nitrogens with one attached hydrogen (secondary N) is 1. The van der Waals surface area contributed by atoms with Crippen LogP contribution < -0.4 is 9.46 Å². The number of ether oxygens (including phenoxy) is 1. The van der Waals surface area contributed by atoms with Crippen LogP contribution in [-0.2, 0) is 29.6 Å². The van der Waals surface area contributed by atoms with Gasteiger partial charge in [0, 0.05) is 12.7 Å². The highest BCUT2D eigenvalue weighted by Gasteiger charge is 2.13. The van der Waals surface area contributed by atoms with Crippen LogP contribution in [0.1, 0.15) is 23.7 Å². The standard InChI is InChI=1S/C21H22N2O3S/c1-2-17-8-12-21(13-9-17)27(24,25)23-15-18-6-10-20(11-7-18)26-16-19-5-3-4-14-22-19/h3-14,23H,2,15-16H2,1H3. The SMILES string of the molecule is CCc1ccc(S(=O)(=O)NCc2ccc(OCc3ccccn3)cc2)cc1. The topological polar surface area (TPSA) is 68.3 Å². The van der Waals surface area contributed by atoms with Gasteiger partial charge in [-0.3, -0.25) is 4.98 Å². The van der Waals surface area contributed by atoms with E-state index in [0.29, 0.717) is 12.4 Å². The lowest BCUT2D eigenvalue weighted by Crippen LogP contribution is -2.23. The van der Waals surface area contributed by atoms with Gasteiger partial charge in [-0.05, 0) is 53.9 Å². The van der Waals surface area contributed by atoms with Gasteiger partial charge in [0.25, 0.3) is 0 Å². The molecule has 6 heteroatoms. The number of hydrogen-bond acceptors (Lipinski definition) is 4. The molecule has 2 aromatic carbocycles. The Morgan fingerprint density at radius 2 is 1.63 bits per heavy atom. The molecule has 0 unspecified atom stereocenters. The lowest BCUT2D eigenvalue weighted by Gasteiger charge is -2.09. The molecule has 3 aromatic rings. The van der Waals surface area contributed by atoms with Crippen molar-refractivity contribution in [2.24, 2.45) is 0 Å². The fourth-order valence-electron chi connectivity index (χ4n) is 2.51. The van der Waals surface area contributed by atoms with Crippen molar-refractivity contribution in [3.63, 3.8) is 0 Å². The molecule has 0 aliphatic heterocycles. The molecule has 1 N–H and O–H groups in total. The molecule has 0 atom stereocenters. The molecule has 0 aliphatic carbocycles. The number of sulfonamides is 1. The third-order valence-electron chi connectivity index (χ3n) is 4.14. The van der Waals surface area contributed by atoms with E-state index in [1.807, 2.05) is 61.5 Å². The van der Waals surface area contributed by atoms with Gasteiger partial charge in [-0.15, -0.1) is 0 Å². The second-order valence-electron chi connectivity index (χ2n) is 6.08. The van der Waals surface area contributed by atoms with Crippen molar-refractivity contribution in [1.29, 1.82) is 0 Å². The molecule has 27 heavy (non-hydrogen) atoms. The molecule has 0 radical (unpaired) electrons. The second kappa shape index (κ2) is 8.79. The Bertz CT molecular complexity index is 955. The van der Waals surface area contributed by atoms with E-state index >= 15 is 0 Å². The van der Waals surface area contributed by atoms with Crippen LogP contribution in [0.3, 0.4) is 0 Å². The van der Waals surface area contributed by atoms with E-state index in [1.54, 1.807) is 18.3 Å². The quantitative estimate of drug-likeness (QED) is 0.645. The first-order valence-corrected chi connectivity index (χ1v) is 10.3. The number of nitrogens with zero attached hydrogens (tertiary/aromatic N) is 1. The van der Waals surface area contributed by atoms with Gasteiger partial charge >= 0.3 is 0 Å². The highest BCUT2D eigenvalue weighted by atomic mass is 32.2. The molecule has 0 fully saturated rings. The normalized spacial score (nSPS) is 11.3. The smallest absolute Gasteiger partial charge is 0.240 e. The number of rotatable bonds is 8. The van der Waals surface area contributed by atoms with Crippen molar-refractivity contribution in [1.82, 2.24) is 9.71 Å². The molecule has 0 amide bonds. The van der Waals surface area contributed by atoms with Gasteiger partial charge in [-0.25, -0.2) is 13.1 Å². The van der Waals surface area contributed by atoms with E-state index < -0.39 is 10.0 Å². The van der Waals surface area contributed by atoms with E-state index in [2.05, 4.69) is 9.71 Å². The maximum absolute atomic E-state index is 12.4. The van der Waals surface area contributed by atoms with E-state index in [0.717, 1.165) is 23.2 Å². The Morgan fingerprint density at radius 1 is 0.926 bits per heavy atom. The van der Waals surface area contributed by atoms with Gasteiger partial charge in [-0.2, -0.15) is 0 Å². The summed E-state index contributed by atoms with van der Waals surface area (Å²) in [5.41, 5.74) is 2.81. The van der Waals surface area contributed by atoms with Crippen LogP contribution in [0, 0.1) is 0 Å². The largest absolute Gasteiger partial charge is 0.487 e. The molecule has 0 spiro atoms. The van der Waals surface area contributed by atoms with Gasteiger partial charge in [0.2, 0.25) is 10.0 Å². The van der Waals surface area contributed by atoms with Crippen molar-refractivity contribution < 1.29 is 13.2 Å². The minimum Gasteiger partial charge on any atom is -0.487 e. The molecular formula is C21H22N2O3S. The van der Waals surface area contributed by atoms with Crippen LogP contribution in [-0.4, -0.2) is 13.4 Å². The van der Waals surface area contributed by atoms with Crippen molar-refractivity contribution in [2.45, 2.75) is 31.4 Å². The minimum atomic E-state index is -3.53. The van der Waals surface area contributed by atoms with Crippen LogP contribution in [0.15, 0.2) is 77.8 Å². The average molecular weight is 382 g/mol. The third-order valence-corrected chi connectivity index (χ3v) is 5.56. The molecule has 140 valence electrons. The van der Waals surface area contributed by atoms with Gasteiger partial charge in [0.1, 0.15) is 12.4 Å². The summed E-state index contributed by atoms with van der Waals surface area (Å²) >= 11 is 0. The molecule has 3 rings (SSSR count). The Morgan fingerprint density at radius 3 is 2.26 bits per heavy atom. The van der Waals surface area contributed by atoms with E-state index in [1.165, 1.54) is 0 Å². The number of hydrogen-bond donors (Lipinski definition) is 1. The predicted octanol–water partition coefficient (Wildman–Crippen LogP) is 3.70. The zero-order valence-corrected chi connectivity index (χ0v) is 15.9. The first kappa shape index (κ1) is 19.1. The summed E-state index contributed by atoms with van der Waals surface area (Å²) in [4.78, 5) is 4.48. The predicted molar refractivity (Wildman–Crippen MR) is 105 cm³/mol. The van der Waals surface area contributed by atoms with Crippen LogP contribution in [0.25, 0.3) is 0 Å². The highest BCUT2D eigenvalue weighted by molar-refractivity contribution is 7.89. The maximum atomic E-state index is 12.4. The van der Waals surface area contributed by atoms with Crippen molar-refractivity contribution >= 4 is 10.0 Å². The fraction of sp³-hybridized carbons (Fsp3) is 0.190. The number of pyridine rings is 1. The summed E-state index contributed by atoms with van der Waals surface area (Å²) in [6, 6.07) is 19.9. The van der Waals surface area contributed by atoms with Gasteiger partial charge < -0.3 is 4.74 Å². The summed E-state index contributed by atoms with van der Waals surface area (Å²) in [6.45, 7) is 2.64. The fourth-order valence-corrected chi connectivity index (χ4v) is 3.53. The van der Waals surface area contributed by atoms with Crippen LogP contribution in [0.5, 0.6) is 5.75 Å². The summed E-state index contributed by atoms with van der Waals surface area (Å²) in [7, 11) is -3.53. The van der Waals surface area contributed by atoms with Crippen LogP contribution >= 0.6 is 0 Å². The Balaban J connectivity index is 1.56. The average Bonchev–Trinajstić information content (AvgIpc) is 2.72. The Labute approximate surface area is 160 Å². The molecule has 0 saturated heterocycles. The lowest BCUT2D eigenvalue weighted by molar-refractivity contribution is 0.301. The summed E-state index contributed by atoms with van der Waals surface area (Å²) in [6.07, 6.45) is 2.60. The highest BCUT2D eigenvalue weighted by Crippen LogP contribution is 2.15. The molecule has 0 bridgehead atoms. The van der Waals surface area contributed by atoms with Crippen LogP contribution in [0.4, 0.5) is 0 Å². The van der Waals surface area contributed by atoms with Crippen molar-refractivity contribution in [3.05, 3.63) is 89.7 Å². The zero-order valence-electron chi connectivity index (χ0n) is 15.1. The monoisotopic (exact) mass is 382 g/mol. The second-order valence-corrected chi connectivity index (χ2v) is 7.84. The number of benzene rings is 2. The van der Waals surface area contributed by atoms with Crippen LogP contribution in [0.2, 0.25) is 0 Å². The first-order chi connectivity index (χ1) is 13.1. The van der Waals surface area contributed by atoms with Gasteiger partial charge in [0.15, 0.2) is 0 Å². The van der Waals surface area contributed by atoms with E-state index in [9.17, 15) is 8.42 Å². The molecule has 1 heterocycles. The summed E-state index contributed by atoms with van der Waals surface area (Å²) < 4.78 is 33.1. The molecular weight excluding hydrogens is 360 g/mol. The van der Waals surface area contributed by atoms with E-state index in [4.69, 9.17) is 4.74 Å². The van der Waals surface area contributed by atoms with Crippen molar-refractivity contribution in [2.75, 3.05) is 0 Å². The minimum absolute atomic E-state index is 0.221. The maximum Gasteiger partial charge on any atom is 0.240 e. The Hall–Kier alpha value is -2.70. The molecule has 0 saturated carbocycles. The summed E-state index contributed by atoms with van der Waals surface area (Å²) in [5.74, 6) is 0.711. The third kappa shape index (κ3) is 5.39. The molecule has 5 nitrogen and oxygen atoms in total. The first-order valence-electron chi connectivity index (χ1n) is 8.77. The Kier molecular flexibility index (Phi) is 6.21. The zero-order chi connectivity index (χ0) is 19.1. The van der Waals surface area contributed by atoms with Gasteiger partial charge in [0.05, 0.1) is 10.6 Å².